The number of allylic oxidation sites excluding steroid dienone is 4. The summed E-state index contributed by atoms with van der Waals surface area (Å²) in [6, 6.07) is 11.6. The van der Waals surface area contributed by atoms with Gasteiger partial charge in [-0.1, -0.05) is 29.2 Å². The minimum Gasteiger partial charge on any atom is -0.748 e. The molecule has 1 unspecified atom stereocenters. The molecule has 0 N–H and O–H groups in total. The van der Waals surface area contributed by atoms with E-state index in [1.807, 2.05) is 41.3 Å². The molecule has 0 radical (unpaired) electrons. The van der Waals surface area contributed by atoms with E-state index in [4.69, 9.17) is 4.18 Å². The minimum atomic E-state index is -4.35. The first kappa shape index (κ1) is 38.8. The third-order valence-corrected chi connectivity index (χ3v) is 12.7. The second-order valence-electron chi connectivity index (χ2n) is 10.8. The molecule has 47 heavy (non-hydrogen) atoms. The van der Waals surface area contributed by atoms with Crippen molar-refractivity contribution in [2.75, 3.05) is 36.3 Å². The van der Waals surface area contributed by atoms with Crippen LogP contribution in [0, 0.1) is 0 Å². The summed E-state index contributed by atoms with van der Waals surface area (Å²) in [7, 11) is -8.28. The quantitative estimate of drug-likeness (QED) is 0.109. The van der Waals surface area contributed by atoms with E-state index in [2.05, 4.69) is 22.8 Å². The molecule has 248 valence electrons. The van der Waals surface area contributed by atoms with Gasteiger partial charge in [-0.3, -0.25) is 4.21 Å². The number of thiazole rings is 1. The van der Waals surface area contributed by atoms with Crippen molar-refractivity contribution in [3.05, 3.63) is 69.7 Å². The molecule has 2 heterocycles. The predicted octanol–water partition coefficient (Wildman–Crippen LogP) is 2.40. The molecule has 0 spiro atoms. The van der Waals surface area contributed by atoms with E-state index in [0.717, 1.165) is 66.1 Å². The van der Waals surface area contributed by atoms with Gasteiger partial charge in [0.2, 0.25) is 5.52 Å². The molecule has 0 saturated heterocycles. The van der Waals surface area contributed by atoms with Crippen LogP contribution in [0.25, 0.3) is 16.3 Å². The summed E-state index contributed by atoms with van der Waals surface area (Å²) in [4.78, 5) is 4.55. The molecule has 0 saturated carbocycles. The summed E-state index contributed by atoms with van der Waals surface area (Å²) in [6.07, 6.45) is 10.9. The van der Waals surface area contributed by atoms with E-state index in [1.165, 1.54) is 12.0 Å². The van der Waals surface area contributed by atoms with Crippen LogP contribution in [-0.4, -0.2) is 61.6 Å². The van der Waals surface area contributed by atoms with Crippen molar-refractivity contribution >= 4 is 88.2 Å². The maximum atomic E-state index is 12.2. The number of aromatic nitrogens is 1. The van der Waals surface area contributed by atoms with Gasteiger partial charge < -0.3 is 18.2 Å². The van der Waals surface area contributed by atoms with Crippen LogP contribution in [0.2, 0.25) is 0 Å². The van der Waals surface area contributed by atoms with Crippen molar-refractivity contribution in [1.29, 1.82) is 0 Å². The van der Waals surface area contributed by atoms with Gasteiger partial charge in [-0.2, -0.15) is 4.57 Å². The zero-order valence-electron chi connectivity index (χ0n) is 26.2. The van der Waals surface area contributed by atoms with E-state index in [9.17, 15) is 30.1 Å². The van der Waals surface area contributed by atoms with Crippen LogP contribution in [-0.2, 0) is 41.8 Å². The van der Waals surface area contributed by atoms with Crippen LogP contribution in [0.5, 0.6) is 0 Å². The first-order valence-corrected chi connectivity index (χ1v) is 21.5. The zero-order valence-corrected chi connectivity index (χ0v) is 33.1. The Morgan fingerprint density at radius 2 is 1.79 bits per heavy atom. The molecule has 0 bridgehead atoms. The molecule has 5 rings (SSSR count). The summed E-state index contributed by atoms with van der Waals surface area (Å²) in [5, 5.41) is 1.85. The zero-order chi connectivity index (χ0) is 33.1. The number of hydrogen-bond donors (Lipinski definition) is 0. The molecule has 1 atom stereocenters. The second kappa shape index (κ2) is 16.8. The maximum Gasteiger partial charge on any atom is 1.00 e. The van der Waals surface area contributed by atoms with Gasteiger partial charge in [0.15, 0.2) is 6.54 Å². The summed E-state index contributed by atoms with van der Waals surface area (Å²) in [5.41, 5.74) is 3.98. The fraction of sp³-hybridized carbons (Fsp3) is 0.367. The van der Waals surface area contributed by atoms with Gasteiger partial charge in [0.05, 0.1) is 38.1 Å². The van der Waals surface area contributed by atoms with Crippen molar-refractivity contribution in [2.45, 2.75) is 53.3 Å². The molecule has 2 aromatic carbocycles. The van der Waals surface area contributed by atoms with Crippen molar-refractivity contribution in [1.82, 2.24) is 0 Å². The fourth-order valence-corrected chi connectivity index (χ4v) is 9.66. The number of aryl methyl sites for hydroxylation is 1. The summed E-state index contributed by atoms with van der Waals surface area (Å²) < 4.78 is 88.4. The van der Waals surface area contributed by atoms with Crippen LogP contribution >= 0.6 is 35.1 Å². The van der Waals surface area contributed by atoms with Gasteiger partial charge in [0.25, 0.3) is 5.01 Å². The SMILES string of the molecule is COSc1ccc2sc(/C=C3C=C(/C=C4\Sc5ccc(S(C)=O)cc5N4CCCS(=O)(=O)[O-])CCC/3)[n+](CCCS(=O)(=O)[O-])c2c1.[Na+]. The van der Waals surface area contributed by atoms with Gasteiger partial charge in [-0.25, -0.2) is 16.8 Å². The fourth-order valence-electron chi connectivity index (χ4n) is 5.39. The molecule has 10 nitrogen and oxygen atoms in total. The minimum absolute atomic E-state index is 0. The van der Waals surface area contributed by atoms with E-state index < -0.39 is 42.5 Å². The normalized spacial score (nSPS) is 17.6. The van der Waals surface area contributed by atoms with E-state index in [1.54, 1.807) is 36.5 Å². The number of nitrogens with zero attached hydrogens (tertiary/aromatic N) is 2. The average Bonchev–Trinajstić information content (AvgIpc) is 3.48. The van der Waals surface area contributed by atoms with E-state index >= 15 is 0 Å². The predicted molar refractivity (Wildman–Crippen MR) is 183 cm³/mol. The van der Waals surface area contributed by atoms with Crippen LogP contribution in [0.15, 0.2) is 79.4 Å². The number of rotatable bonds is 13. The standard InChI is InChI=1S/C30H34N2O8S6.Na/c1-40-43-23-8-10-27-25(19-23)31(12-4-14-45(34,35)36)29(41-27)17-21-6-3-7-22(16-21)18-30-32(13-5-15-46(37,38)39)26-20-24(44(2)33)9-11-28(26)42-30;/h8-11,16-20H,3-7,12-15H2,1-2H3,(H-,34,35,36,37,38,39);/q;+1/p-1. The van der Waals surface area contributed by atoms with Gasteiger partial charge in [0, 0.05) is 80.4 Å². The number of thioether (sulfide) groups is 1. The Bertz CT molecular complexity index is 1970. The van der Waals surface area contributed by atoms with Gasteiger partial charge in [0.1, 0.15) is 4.70 Å². The van der Waals surface area contributed by atoms with Gasteiger partial charge in [-0.15, -0.1) is 0 Å². The molecule has 2 aliphatic rings. The maximum absolute atomic E-state index is 12.2. The van der Waals surface area contributed by atoms with Crippen LogP contribution in [0.4, 0.5) is 5.69 Å². The molecule has 1 aliphatic carbocycles. The molecule has 1 aliphatic heterocycles. The molecular formula is C30H33N2NaO8S6. The van der Waals surface area contributed by atoms with Gasteiger partial charge >= 0.3 is 29.6 Å². The Hall–Kier alpha value is -1.02. The Morgan fingerprint density at radius 1 is 1.04 bits per heavy atom. The largest absolute Gasteiger partial charge is 1.00 e. The summed E-state index contributed by atoms with van der Waals surface area (Å²) in [6.45, 7) is 0.697. The second-order valence-corrected chi connectivity index (χ2v) is 18.3. The first-order valence-electron chi connectivity index (χ1n) is 14.4. The van der Waals surface area contributed by atoms with Crippen LogP contribution in [0.3, 0.4) is 0 Å². The first-order chi connectivity index (χ1) is 21.8. The number of hydrogen-bond acceptors (Lipinski definition) is 12. The summed E-state index contributed by atoms with van der Waals surface area (Å²) >= 11 is 4.39. The molecule has 3 aromatic rings. The Morgan fingerprint density at radius 3 is 2.49 bits per heavy atom. The van der Waals surface area contributed by atoms with Gasteiger partial charge in [-0.05, 0) is 73.2 Å². The smallest absolute Gasteiger partial charge is 0.748 e. The van der Waals surface area contributed by atoms with Crippen molar-refractivity contribution in [3.63, 3.8) is 0 Å². The molecular weight excluding hydrogens is 732 g/mol. The monoisotopic (exact) mass is 764 g/mol. The van der Waals surface area contributed by atoms with Crippen LogP contribution < -0.4 is 39.0 Å². The third kappa shape index (κ3) is 10.7. The van der Waals surface area contributed by atoms with Crippen LogP contribution in [0.1, 0.15) is 37.1 Å². The third-order valence-electron chi connectivity index (χ3n) is 7.39. The number of fused-ring (bicyclic) bond motifs is 2. The Balaban J connectivity index is 0.00000500. The van der Waals surface area contributed by atoms with E-state index in [-0.39, 0.29) is 42.4 Å². The Kier molecular flexibility index (Phi) is 13.9. The molecule has 1 aromatic heterocycles. The Labute approximate surface area is 313 Å². The topological polar surface area (TPSA) is 148 Å². The van der Waals surface area contributed by atoms with Crippen molar-refractivity contribution in [3.8, 4) is 0 Å². The number of benzene rings is 2. The van der Waals surface area contributed by atoms with E-state index in [0.29, 0.717) is 18.0 Å². The van der Waals surface area contributed by atoms with Crippen molar-refractivity contribution in [2.24, 2.45) is 0 Å². The molecule has 17 heteroatoms. The molecule has 0 fully saturated rings. The average molecular weight is 765 g/mol. The number of anilines is 1. The molecule has 0 amide bonds. The van der Waals surface area contributed by atoms with Crippen molar-refractivity contribution < 1.29 is 68.5 Å². The summed E-state index contributed by atoms with van der Waals surface area (Å²) in [5.74, 6) is -0.905.